The number of benzene rings is 3. The summed E-state index contributed by atoms with van der Waals surface area (Å²) in [5, 5.41) is 2.27. The molecule has 0 spiro atoms. The maximum absolute atomic E-state index is 6.22. The minimum Gasteiger partial charge on any atom is -0.455 e. The van der Waals surface area contributed by atoms with Crippen LogP contribution in [0.3, 0.4) is 0 Å². The van der Waals surface area contributed by atoms with Gasteiger partial charge in [-0.1, -0.05) is 60.7 Å². The third kappa shape index (κ3) is 2.51. The molecule has 138 valence electrons. The van der Waals surface area contributed by atoms with Gasteiger partial charge in [-0.3, -0.25) is 0 Å². The molecule has 0 fully saturated rings. The fourth-order valence-corrected chi connectivity index (χ4v) is 5.21. The summed E-state index contributed by atoms with van der Waals surface area (Å²) in [6, 6.07) is 29.3. The molecule has 3 heteroatoms. The summed E-state index contributed by atoms with van der Waals surface area (Å²) in [6.45, 7) is 2.17. The van der Waals surface area contributed by atoms with Crippen molar-refractivity contribution in [1.29, 1.82) is 0 Å². The Bertz CT molecular complexity index is 1510. The Balaban J connectivity index is 1.58. The molecule has 0 aliphatic rings. The number of hydrogen-bond acceptors (Lipinski definition) is 3. The van der Waals surface area contributed by atoms with Gasteiger partial charge in [0.25, 0.3) is 0 Å². The zero-order valence-electron chi connectivity index (χ0n) is 15.8. The third-order valence-electron chi connectivity index (χ3n) is 5.48. The summed E-state index contributed by atoms with van der Waals surface area (Å²) < 4.78 is 7.43. The number of aromatic nitrogens is 1. The fourth-order valence-electron chi connectivity index (χ4n) is 4.06. The second-order valence-corrected chi connectivity index (χ2v) is 8.30. The summed E-state index contributed by atoms with van der Waals surface area (Å²) in [5.74, 6) is 0. The van der Waals surface area contributed by atoms with E-state index in [0.717, 1.165) is 38.7 Å². The number of pyridine rings is 1. The normalized spacial score (nSPS) is 11.6. The average molecular weight is 391 g/mol. The Kier molecular flexibility index (Phi) is 3.58. The van der Waals surface area contributed by atoms with Crippen molar-refractivity contribution < 1.29 is 4.42 Å². The van der Waals surface area contributed by atoms with Gasteiger partial charge in [-0.25, -0.2) is 4.98 Å². The molecule has 6 rings (SSSR count). The lowest BCUT2D eigenvalue weighted by atomic mass is 10.1. The van der Waals surface area contributed by atoms with Crippen LogP contribution in [0, 0.1) is 6.92 Å². The molecule has 0 N–H and O–H groups in total. The van der Waals surface area contributed by atoms with E-state index in [0.29, 0.717) is 0 Å². The summed E-state index contributed by atoms with van der Waals surface area (Å²) >= 11 is 1.80. The zero-order chi connectivity index (χ0) is 19.4. The van der Waals surface area contributed by atoms with Gasteiger partial charge in [0, 0.05) is 21.2 Å². The van der Waals surface area contributed by atoms with Crippen molar-refractivity contribution in [3.05, 3.63) is 90.5 Å². The Morgan fingerprint density at radius 3 is 2.45 bits per heavy atom. The topological polar surface area (TPSA) is 26.0 Å². The molecule has 0 saturated heterocycles. The van der Waals surface area contributed by atoms with Crippen LogP contribution >= 0.6 is 11.3 Å². The number of furan rings is 1. The van der Waals surface area contributed by atoms with E-state index in [-0.39, 0.29) is 0 Å². The molecule has 6 aromatic rings. The number of thiophene rings is 1. The standard InChI is InChI=1S/C26H17NOS/c1-16-24-23(29-26(16)17-8-3-2-4-9-17)15-14-21(27-24)20-12-7-11-19-18-10-5-6-13-22(18)28-25(19)20/h2-15H,1H3. The quantitative estimate of drug-likeness (QED) is 0.300. The van der Waals surface area contributed by atoms with Crippen molar-refractivity contribution in [2.75, 3.05) is 0 Å². The van der Waals surface area contributed by atoms with Crippen molar-refractivity contribution in [2.45, 2.75) is 6.92 Å². The predicted octanol–water partition coefficient (Wildman–Crippen LogP) is 7.84. The van der Waals surface area contributed by atoms with Crippen LogP contribution in [0.25, 0.3) is 53.9 Å². The van der Waals surface area contributed by atoms with E-state index in [9.17, 15) is 0 Å². The molecule has 0 unspecified atom stereocenters. The monoisotopic (exact) mass is 391 g/mol. The molecule has 0 aliphatic carbocycles. The van der Waals surface area contributed by atoms with E-state index in [4.69, 9.17) is 9.40 Å². The number of nitrogens with zero attached hydrogens (tertiary/aromatic N) is 1. The lowest BCUT2D eigenvalue weighted by Crippen LogP contribution is -1.85. The van der Waals surface area contributed by atoms with Crippen molar-refractivity contribution in [1.82, 2.24) is 4.98 Å². The van der Waals surface area contributed by atoms with Crippen LogP contribution in [0.2, 0.25) is 0 Å². The Labute approximate surface area is 172 Å². The maximum atomic E-state index is 6.22. The Morgan fingerprint density at radius 2 is 1.55 bits per heavy atom. The summed E-state index contributed by atoms with van der Waals surface area (Å²) in [4.78, 5) is 6.35. The molecule has 0 bridgehead atoms. The van der Waals surface area contributed by atoms with Crippen LogP contribution in [-0.4, -0.2) is 4.98 Å². The molecule has 2 nitrogen and oxygen atoms in total. The van der Waals surface area contributed by atoms with Gasteiger partial charge in [0.05, 0.1) is 15.9 Å². The second kappa shape index (κ2) is 6.29. The highest BCUT2D eigenvalue weighted by atomic mass is 32.1. The first-order chi connectivity index (χ1) is 14.3. The third-order valence-corrected chi connectivity index (χ3v) is 6.78. The first kappa shape index (κ1) is 16.5. The predicted molar refractivity (Wildman–Crippen MR) is 123 cm³/mol. The number of para-hydroxylation sites is 2. The average Bonchev–Trinajstić information content (AvgIpc) is 3.32. The molecule has 0 aliphatic heterocycles. The van der Waals surface area contributed by atoms with Crippen molar-refractivity contribution in [3.8, 4) is 21.7 Å². The zero-order valence-corrected chi connectivity index (χ0v) is 16.7. The minimum absolute atomic E-state index is 0.900. The van der Waals surface area contributed by atoms with Crippen LogP contribution in [-0.2, 0) is 0 Å². The van der Waals surface area contributed by atoms with E-state index >= 15 is 0 Å². The number of aryl methyl sites for hydroxylation is 1. The first-order valence-electron chi connectivity index (χ1n) is 9.66. The van der Waals surface area contributed by atoms with E-state index in [1.807, 2.05) is 18.2 Å². The number of fused-ring (bicyclic) bond motifs is 4. The van der Waals surface area contributed by atoms with Crippen LogP contribution in [0.5, 0.6) is 0 Å². The molecule has 29 heavy (non-hydrogen) atoms. The van der Waals surface area contributed by atoms with Gasteiger partial charge in [-0.05, 0) is 42.3 Å². The molecule has 3 heterocycles. The van der Waals surface area contributed by atoms with Crippen LogP contribution in [0.1, 0.15) is 5.56 Å². The molecular formula is C26H17NOS. The first-order valence-corrected chi connectivity index (χ1v) is 10.5. The minimum atomic E-state index is 0.900. The van der Waals surface area contributed by atoms with Crippen molar-refractivity contribution in [2.24, 2.45) is 0 Å². The van der Waals surface area contributed by atoms with E-state index in [2.05, 4.69) is 73.7 Å². The van der Waals surface area contributed by atoms with Crippen molar-refractivity contribution in [3.63, 3.8) is 0 Å². The van der Waals surface area contributed by atoms with Gasteiger partial charge >= 0.3 is 0 Å². The van der Waals surface area contributed by atoms with Gasteiger partial charge < -0.3 is 4.42 Å². The summed E-state index contributed by atoms with van der Waals surface area (Å²) in [7, 11) is 0. The molecule has 0 saturated carbocycles. The highest BCUT2D eigenvalue weighted by Crippen LogP contribution is 2.40. The van der Waals surface area contributed by atoms with Gasteiger partial charge in [0.15, 0.2) is 0 Å². The van der Waals surface area contributed by atoms with Gasteiger partial charge in [-0.2, -0.15) is 0 Å². The molecule has 0 radical (unpaired) electrons. The molecule has 3 aromatic carbocycles. The van der Waals surface area contributed by atoms with E-state index < -0.39 is 0 Å². The lowest BCUT2D eigenvalue weighted by Gasteiger charge is -2.03. The summed E-state index contributed by atoms with van der Waals surface area (Å²) in [5.41, 5.74) is 7.34. The fraction of sp³-hybridized carbons (Fsp3) is 0.0385. The second-order valence-electron chi connectivity index (χ2n) is 7.25. The molecule has 3 aromatic heterocycles. The number of hydrogen-bond donors (Lipinski definition) is 0. The Morgan fingerprint density at radius 1 is 0.759 bits per heavy atom. The van der Waals surface area contributed by atoms with Gasteiger partial charge in [0.1, 0.15) is 11.2 Å². The van der Waals surface area contributed by atoms with Crippen LogP contribution < -0.4 is 0 Å². The molecular weight excluding hydrogens is 374 g/mol. The smallest absolute Gasteiger partial charge is 0.144 e. The van der Waals surface area contributed by atoms with Crippen LogP contribution in [0.15, 0.2) is 89.3 Å². The molecule has 0 atom stereocenters. The number of rotatable bonds is 2. The van der Waals surface area contributed by atoms with E-state index in [1.54, 1.807) is 11.3 Å². The largest absolute Gasteiger partial charge is 0.455 e. The SMILES string of the molecule is Cc1c(-c2ccccc2)sc2ccc(-c3cccc4c3oc3ccccc34)nc12. The van der Waals surface area contributed by atoms with Crippen LogP contribution in [0.4, 0.5) is 0 Å². The molecule has 0 amide bonds. The van der Waals surface area contributed by atoms with Crippen molar-refractivity contribution >= 4 is 43.5 Å². The Hall–Kier alpha value is -3.43. The maximum Gasteiger partial charge on any atom is 0.144 e. The highest BCUT2D eigenvalue weighted by Gasteiger charge is 2.16. The summed E-state index contributed by atoms with van der Waals surface area (Å²) in [6.07, 6.45) is 0. The van der Waals surface area contributed by atoms with Gasteiger partial charge in [-0.15, -0.1) is 11.3 Å². The highest BCUT2D eigenvalue weighted by molar-refractivity contribution is 7.22. The van der Waals surface area contributed by atoms with Gasteiger partial charge in [0.2, 0.25) is 0 Å². The van der Waals surface area contributed by atoms with E-state index in [1.165, 1.54) is 20.7 Å². The lowest BCUT2D eigenvalue weighted by molar-refractivity contribution is 0.670.